The Balaban J connectivity index is 2.23. The summed E-state index contributed by atoms with van der Waals surface area (Å²) >= 11 is 0. The van der Waals surface area contributed by atoms with Gasteiger partial charge in [0.05, 0.1) is 21.6 Å². The molecule has 0 amide bonds. The SMILES string of the molecule is CNc1cc(-n2cnc3ccccc32)cc([N+](=O)[O-])c1. The summed E-state index contributed by atoms with van der Waals surface area (Å²) in [5.41, 5.74) is 3.20. The van der Waals surface area contributed by atoms with Gasteiger partial charge in [-0.3, -0.25) is 14.7 Å². The molecule has 6 heteroatoms. The maximum Gasteiger partial charge on any atom is 0.273 e. The number of hydrogen-bond donors (Lipinski definition) is 1. The minimum absolute atomic E-state index is 0.0460. The Labute approximate surface area is 114 Å². The van der Waals surface area contributed by atoms with Gasteiger partial charge >= 0.3 is 0 Å². The molecular weight excluding hydrogens is 256 g/mol. The van der Waals surface area contributed by atoms with Gasteiger partial charge in [-0.05, 0) is 18.2 Å². The minimum atomic E-state index is -0.399. The maximum absolute atomic E-state index is 11.0. The Morgan fingerprint density at radius 1 is 1.25 bits per heavy atom. The molecule has 100 valence electrons. The number of nitro benzene ring substituents is 1. The molecule has 0 saturated carbocycles. The first kappa shape index (κ1) is 12.2. The van der Waals surface area contributed by atoms with E-state index >= 15 is 0 Å². The van der Waals surface area contributed by atoms with Crippen LogP contribution in [0.5, 0.6) is 0 Å². The lowest BCUT2D eigenvalue weighted by atomic mass is 10.2. The maximum atomic E-state index is 11.0. The molecule has 2 aromatic carbocycles. The summed E-state index contributed by atoms with van der Waals surface area (Å²) in [6.07, 6.45) is 1.67. The minimum Gasteiger partial charge on any atom is -0.388 e. The van der Waals surface area contributed by atoms with Crippen LogP contribution < -0.4 is 5.32 Å². The summed E-state index contributed by atoms with van der Waals surface area (Å²) in [5, 5.41) is 13.9. The third-order valence-corrected chi connectivity index (χ3v) is 3.13. The molecule has 0 bridgehead atoms. The lowest BCUT2D eigenvalue weighted by Crippen LogP contribution is -1.98. The van der Waals surface area contributed by atoms with Crippen molar-refractivity contribution in [2.75, 3.05) is 12.4 Å². The predicted octanol–water partition coefficient (Wildman–Crippen LogP) is 2.98. The Morgan fingerprint density at radius 3 is 2.80 bits per heavy atom. The third-order valence-electron chi connectivity index (χ3n) is 3.13. The van der Waals surface area contributed by atoms with Gasteiger partial charge in [-0.1, -0.05) is 12.1 Å². The average Bonchev–Trinajstić information content (AvgIpc) is 2.90. The molecule has 3 aromatic rings. The van der Waals surface area contributed by atoms with E-state index in [-0.39, 0.29) is 5.69 Å². The highest BCUT2D eigenvalue weighted by Gasteiger charge is 2.12. The Kier molecular flexibility index (Phi) is 2.83. The second-order valence-corrected chi connectivity index (χ2v) is 4.35. The Hall–Kier alpha value is -2.89. The molecule has 3 rings (SSSR count). The highest BCUT2D eigenvalue weighted by molar-refractivity contribution is 5.78. The van der Waals surface area contributed by atoms with Crippen LogP contribution in [0.4, 0.5) is 11.4 Å². The van der Waals surface area contributed by atoms with Crippen LogP contribution in [0.3, 0.4) is 0 Å². The van der Waals surface area contributed by atoms with Crippen LogP contribution >= 0.6 is 0 Å². The number of anilines is 1. The van der Waals surface area contributed by atoms with Crippen molar-refractivity contribution in [3.63, 3.8) is 0 Å². The fraction of sp³-hybridized carbons (Fsp3) is 0.0714. The molecular formula is C14H12N4O2. The number of nitro groups is 1. The van der Waals surface area contributed by atoms with Gasteiger partial charge < -0.3 is 5.32 Å². The molecule has 20 heavy (non-hydrogen) atoms. The monoisotopic (exact) mass is 268 g/mol. The molecule has 0 aliphatic rings. The number of nitrogens with zero attached hydrogens (tertiary/aromatic N) is 3. The van der Waals surface area contributed by atoms with Crippen molar-refractivity contribution in [3.05, 3.63) is 58.9 Å². The van der Waals surface area contributed by atoms with Crippen LogP contribution in [0.1, 0.15) is 0 Å². The van der Waals surface area contributed by atoms with Gasteiger partial charge in [0.15, 0.2) is 0 Å². The van der Waals surface area contributed by atoms with E-state index in [1.165, 1.54) is 12.1 Å². The highest BCUT2D eigenvalue weighted by atomic mass is 16.6. The summed E-state index contributed by atoms with van der Waals surface area (Å²) in [7, 11) is 1.73. The summed E-state index contributed by atoms with van der Waals surface area (Å²) in [6.45, 7) is 0. The van der Waals surface area contributed by atoms with Gasteiger partial charge in [-0.15, -0.1) is 0 Å². The fourth-order valence-corrected chi connectivity index (χ4v) is 2.15. The molecule has 1 aromatic heterocycles. The summed E-state index contributed by atoms with van der Waals surface area (Å²) in [5.74, 6) is 0. The Morgan fingerprint density at radius 2 is 2.05 bits per heavy atom. The fourth-order valence-electron chi connectivity index (χ4n) is 2.15. The standard InChI is InChI=1S/C14H12N4O2/c1-15-10-6-11(8-12(7-10)18(19)20)17-9-16-13-4-2-3-5-14(13)17/h2-9,15H,1H3. The van der Waals surface area contributed by atoms with Crippen molar-refractivity contribution in [1.82, 2.24) is 9.55 Å². The summed E-state index contributed by atoms with van der Waals surface area (Å²) in [4.78, 5) is 14.9. The zero-order valence-electron chi connectivity index (χ0n) is 10.8. The first-order chi connectivity index (χ1) is 9.69. The van der Waals surface area contributed by atoms with Crippen LogP contribution in [0, 0.1) is 10.1 Å². The van der Waals surface area contributed by atoms with E-state index in [0.717, 1.165) is 11.0 Å². The highest BCUT2D eigenvalue weighted by Crippen LogP contribution is 2.25. The summed E-state index contributed by atoms with van der Waals surface area (Å²) in [6, 6.07) is 12.5. The lowest BCUT2D eigenvalue weighted by molar-refractivity contribution is -0.384. The number of imidazole rings is 1. The lowest BCUT2D eigenvalue weighted by Gasteiger charge is -2.07. The first-order valence-corrected chi connectivity index (χ1v) is 6.09. The van der Waals surface area contributed by atoms with Gasteiger partial charge in [-0.25, -0.2) is 4.98 Å². The van der Waals surface area contributed by atoms with Crippen LogP contribution in [0.15, 0.2) is 48.8 Å². The second kappa shape index (κ2) is 4.65. The van der Waals surface area contributed by atoms with E-state index in [1.807, 2.05) is 34.9 Å². The van der Waals surface area contributed by atoms with Crippen LogP contribution in [0.25, 0.3) is 16.7 Å². The number of non-ortho nitro benzene ring substituents is 1. The third kappa shape index (κ3) is 1.97. The van der Waals surface area contributed by atoms with Gasteiger partial charge in [-0.2, -0.15) is 0 Å². The van der Waals surface area contributed by atoms with Crippen molar-refractivity contribution < 1.29 is 4.92 Å². The molecule has 0 aliphatic carbocycles. The van der Waals surface area contributed by atoms with E-state index in [0.29, 0.717) is 11.4 Å². The molecule has 0 atom stereocenters. The number of para-hydroxylation sites is 2. The van der Waals surface area contributed by atoms with Gasteiger partial charge in [0.2, 0.25) is 0 Å². The molecule has 0 saturated heterocycles. The molecule has 0 radical (unpaired) electrons. The molecule has 0 fully saturated rings. The molecule has 0 unspecified atom stereocenters. The summed E-state index contributed by atoms with van der Waals surface area (Å²) < 4.78 is 1.84. The largest absolute Gasteiger partial charge is 0.388 e. The molecule has 0 aliphatic heterocycles. The van der Waals surface area contributed by atoms with Crippen molar-refractivity contribution in [2.45, 2.75) is 0 Å². The molecule has 1 heterocycles. The van der Waals surface area contributed by atoms with Gasteiger partial charge in [0, 0.05) is 24.9 Å². The quantitative estimate of drug-likeness (QED) is 0.585. The number of nitrogens with one attached hydrogen (secondary N) is 1. The van der Waals surface area contributed by atoms with Crippen molar-refractivity contribution in [1.29, 1.82) is 0 Å². The number of rotatable bonds is 3. The zero-order valence-corrected chi connectivity index (χ0v) is 10.8. The van der Waals surface area contributed by atoms with Crippen molar-refractivity contribution >= 4 is 22.4 Å². The Bertz CT molecular complexity index is 795. The van der Waals surface area contributed by atoms with Crippen molar-refractivity contribution in [2.24, 2.45) is 0 Å². The average molecular weight is 268 g/mol. The molecule has 1 N–H and O–H groups in total. The number of benzene rings is 2. The topological polar surface area (TPSA) is 73.0 Å². The van der Waals surface area contributed by atoms with Crippen LogP contribution in [-0.4, -0.2) is 21.5 Å². The van der Waals surface area contributed by atoms with E-state index in [9.17, 15) is 10.1 Å². The number of hydrogen-bond acceptors (Lipinski definition) is 4. The zero-order chi connectivity index (χ0) is 14.1. The van der Waals surface area contributed by atoms with E-state index in [4.69, 9.17) is 0 Å². The molecule has 6 nitrogen and oxygen atoms in total. The van der Waals surface area contributed by atoms with E-state index < -0.39 is 4.92 Å². The number of fused-ring (bicyclic) bond motifs is 1. The van der Waals surface area contributed by atoms with Gasteiger partial charge in [0.1, 0.15) is 6.33 Å². The smallest absolute Gasteiger partial charge is 0.273 e. The second-order valence-electron chi connectivity index (χ2n) is 4.35. The number of aromatic nitrogens is 2. The van der Waals surface area contributed by atoms with Crippen LogP contribution in [-0.2, 0) is 0 Å². The molecule has 0 spiro atoms. The van der Waals surface area contributed by atoms with E-state index in [2.05, 4.69) is 10.3 Å². The van der Waals surface area contributed by atoms with Gasteiger partial charge in [0.25, 0.3) is 5.69 Å². The normalized spacial score (nSPS) is 10.7. The van der Waals surface area contributed by atoms with Crippen LogP contribution in [0.2, 0.25) is 0 Å². The first-order valence-electron chi connectivity index (χ1n) is 6.09. The van der Waals surface area contributed by atoms with Crippen molar-refractivity contribution in [3.8, 4) is 5.69 Å². The van der Waals surface area contributed by atoms with E-state index in [1.54, 1.807) is 13.4 Å². The predicted molar refractivity (Wildman–Crippen MR) is 77.3 cm³/mol.